The maximum absolute atomic E-state index is 13.2. The molecule has 7 heteroatoms. The largest absolute Gasteiger partial charge is 0.369 e. The second kappa shape index (κ2) is 9.86. The number of fused-ring (bicyclic) bond motifs is 1. The van der Waals surface area contributed by atoms with Gasteiger partial charge in [0.1, 0.15) is 12.1 Å². The number of aromatic nitrogens is 2. The normalized spacial score (nSPS) is 34.8. The van der Waals surface area contributed by atoms with Gasteiger partial charge in [-0.1, -0.05) is 12.8 Å². The molecule has 1 saturated heterocycles. The van der Waals surface area contributed by atoms with Gasteiger partial charge in [-0.25, -0.2) is 9.97 Å². The number of carbonyl (C=O) groups excluding carboxylic acids is 1. The fourth-order valence-corrected chi connectivity index (χ4v) is 9.15. The zero-order valence-electron chi connectivity index (χ0n) is 21.9. The first-order valence-electron chi connectivity index (χ1n) is 15.0. The molecule has 1 N–H and O–H groups in total. The Hall–Kier alpha value is -1.73. The summed E-state index contributed by atoms with van der Waals surface area (Å²) in [6.07, 6.45) is 15.5. The molecule has 0 unspecified atom stereocenters. The molecule has 7 aliphatic rings. The van der Waals surface area contributed by atoms with Crippen molar-refractivity contribution in [1.29, 1.82) is 0 Å². The van der Waals surface area contributed by atoms with Crippen LogP contribution in [-0.2, 0) is 17.8 Å². The van der Waals surface area contributed by atoms with Crippen LogP contribution in [0.15, 0.2) is 6.33 Å². The Labute approximate surface area is 216 Å². The first-order valence-corrected chi connectivity index (χ1v) is 15.0. The van der Waals surface area contributed by atoms with E-state index in [1.54, 1.807) is 6.33 Å². The van der Waals surface area contributed by atoms with Gasteiger partial charge in [-0.15, -0.1) is 0 Å². The second-order valence-electron chi connectivity index (χ2n) is 12.9. The van der Waals surface area contributed by atoms with Crippen molar-refractivity contribution in [2.75, 3.05) is 51.1 Å². The SMILES string of the molecule is O=C(CN1CCN(C2CCCC2)CC1)N1CCc2c(ncnc2NCC2C3CC4CC(C3)CC2C4)C1. The Kier molecular flexibility index (Phi) is 6.41. The molecule has 196 valence electrons. The lowest BCUT2D eigenvalue weighted by molar-refractivity contribution is -0.133. The molecule has 4 bridgehead atoms. The molecule has 7 nitrogen and oxygen atoms in total. The molecule has 2 aliphatic heterocycles. The van der Waals surface area contributed by atoms with E-state index >= 15 is 0 Å². The first kappa shape index (κ1) is 23.4. The first-order chi connectivity index (χ1) is 17.7. The van der Waals surface area contributed by atoms with Gasteiger partial charge < -0.3 is 10.2 Å². The minimum Gasteiger partial charge on any atom is -0.369 e. The molecule has 36 heavy (non-hydrogen) atoms. The molecule has 3 heterocycles. The lowest BCUT2D eigenvalue weighted by atomic mass is 9.52. The van der Waals surface area contributed by atoms with Crippen LogP contribution in [0, 0.1) is 29.6 Å². The van der Waals surface area contributed by atoms with Crippen LogP contribution in [0.4, 0.5) is 5.82 Å². The van der Waals surface area contributed by atoms with E-state index in [-0.39, 0.29) is 5.91 Å². The van der Waals surface area contributed by atoms with E-state index in [2.05, 4.69) is 25.1 Å². The van der Waals surface area contributed by atoms with E-state index in [1.165, 1.54) is 63.4 Å². The van der Waals surface area contributed by atoms with Gasteiger partial charge in [0.25, 0.3) is 0 Å². The molecular weight excluding hydrogens is 448 g/mol. The fraction of sp³-hybridized carbons (Fsp3) is 0.828. The third kappa shape index (κ3) is 4.55. The third-order valence-electron chi connectivity index (χ3n) is 10.9. The second-order valence-corrected chi connectivity index (χ2v) is 12.9. The van der Waals surface area contributed by atoms with E-state index in [4.69, 9.17) is 0 Å². The van der Waals surface area contributed by atoms with Gasteiger partial charge in [0.2, 0.25) is 5.91 Å². The van der Waals surface area contributed by atoms with Crippen molar-refractivity contribution >= 4 is 11.7 Å². The Balaban J connectivity index is 0.927. The highest BCUT2D eigenvalue weighted by Crippen LogP contribution is 2.56. The van der Waals surface area contributed by atoms with Crippen molar-refractivity contribution in [2.24, 2.45) is 29.6 Å². The van der Waals surface area contributed by atoms with Gasteiger partial charge in [-0.05, 0) is 81.0 Å². The number of piperazine rings is 1. The van der Waals surface area contributed by atoms with Crippen LogP contribution in [0.5, 0.6) is 0 Å². The highest BCUT2D eigenvalue weighted by atomic mass is 16.2. The predicted molar refractivity (Wildman–Crippen MR) is 140 cm³/mol. The van der Waals surface area contributed by atoms with E-state index in [0.717, 1.165) is 92.8 Å². The highest BCUT2D eigenvalue weighted by Gasteiger charge is 2.48. The minimum atomic E-state index is 0.261. The standard InChI is InChI=1S/C29H44N6O/c36-28(18-33-7-9-34(10-8-33)24-3-1-2-4-24)35-6-5-25-27(17-35)31-19-32-29(25)30-16-26-22-12-20-11-21(14-22)15-23(26)13-20/h19-24,26H,1-18H2,(H,30,31,32). The quantitative estimate of drug-likeness (QED) is 0.657. The maximum Gasteiger partial charge on any atom is 0.237 e. The zero-order chi connectivity index (χ0) is 24.1. The number of hydrogen-bond acceptors (Lipinski definition) is 6. The van der Waals surface area contributed by atoms with Crippen molar-refractivity contribution in [3.63, 3.8) is 0 Å². The molecule has 0 aromatic carbocycles. The average Bonchev–Trinajstić information content (AvgIpc) is 3.43. The van der Waals surface area contributed by atoms with Crippen LogP contribution in [0.2, 0.25) is 0 Å². The molecule has 1 aromatic rings. The van der Waals surface area contributed by atoms with Crippen LogP contribution in [-0.4, -0.2) is 82.4 Å². The molecule has 6 fully saturated rings. The zero-order valence-corrected chi connectivity index (χ0v) is 21.9. The molecule has 8 rings (SSSR count). The van der Waals surface area contributed by atoms with Crippen molar-refractivity contribution in [3.05, 3.63) is 17.6 Å². The van der Waals surface area contributed by atoms with Crippen LogP contribution in [0.25, 0.3) is 0 Å². The van der Waals surface area contributed by atoms with E-state index in [9.17, 15) is 4.79 Å². The number of nitrogens with zero attached hydrogens (tertiary/aromatic N) is 5. The number of hydrogen-bond donors (Lipinski definition) is 1. The molecule has 0 atom stereocenters. The van der Waals surface area contributed by atoms with E-state index in [0.29, 0.717) is 13.1 Å². The highest BCUT2D eigenvalue weighted by molar-refractivity contribution is 5.78. The van der Waals surface area contributed by atoms with Crippen molar-refractivity contribution < 1.29 is 4.79 Å². The predicted octanol–water partition coefficient (Wildman–Crippen LogP) is 3.41. The summed E-state index contributed by atoms with van der Waals surface area (Å²) in [5, 5.41) is 3.77. The summed E-state index contributed by atoms with van der Waals surface area (Å²) in [6, 6.07) is 0.798. The van der Waals surface area contributed by atoms with Gasteiger partial charge in [0.15, 0.2) is 0 Å². The Bertz CT molecular complexity index is 925. The molecule has 1 amide bonds. The summed E-state index contributed by atoms with van der Waals surface area (Å²) in [7, 11) is 0. The number of carbonyl (C=O) groups is 1. The maximum atomic E-state index is 13.2. The number of anilines is 1. The average molecular weight is 493 g/mol. The third-order valence-corrected chi connectivity index (χ3v) is 10.9. The molecule has 0 spiro atoms. The number of amides is 1. The smallest absolute Gasteiger partial charge is 0.237 e. The van der Waals surface area contributed by atoms with Gasteiger partial charge in [0.05, 0.1) is 18.8 Å². The number of rotatable bonds is 6. The van der Waals surface area contributed by atoms with Gasteiger partial charge in [-0.2, -0.15) is 0 Å². The molecule has 1 aromatic heterocycles. The lowest BCUT2D eigenvalue weighted by Crippen LogP contribution is -2.52. The summed E-state index contributed by atoms with van der Waals surface area (Å²) >= 11 is 0. The Morgan fingerprint density at radius 3 is 2.36 bits per heavy atom. The topological polar surface area (TPSA) is 64.6 Å². The summed E-state index contributed by atoms with van der Waals surface area (Å²) in [5.41, 5.74) is 2.29. The monoisotopic (exact) mass is 492 g/mol. The molecule has 5 aliphatic carbocycles. The fourth-order valence-electron chi connectivity index (χ4n) is 9.15. The molecule has 0 radical (unpaired) electrons. The van der Waals surface area contributed by atoms with Gasteiger partial charge in [0, 0.05) is 50.9 Å². The van der Waals surface area contributed by atoms with Crippen LogP contribution < -0.4 is 5.32 Å². The van der Waals surface area contributed by atoms with Gasteiger partial charge >= 0.3 is 0 Å². The summed E-state index contributed by atoms with van der Waals surface area (Å²) in [6.45, 7) is 7.31. The Morgan fingerprint density at radius 1 is 0.917 bits per heavy atom. The minimum absolute atomic E-state index is 0.261. The van der Waals surface area contributed by atoms with Crippen LogP contribution >= 0.6 is 0 Å². The lowest BCUT2D eigenvalue weighted by Gasteiger charge is -2.54. The van der Waals surface area contributed by atoms with Crippen molar-refractivity contribution in [3.8, 4) is 0 Å². The molecular formula is C29H44N6O. The molecule has 5 saturated carbocycles. The number of nitrogens with one attached hydrogen (secondary N) is 1. The van der Waals surface area contributed by atoms with E-state index in [1.807, 2.05) is 4.90 Å². The van der Waals surface area contributed by atoms with Crippen LogP contribution in [0.1, 0.15) is 69.0 Å². The summed E-state index contributed by atoms with van der Waals surface area (Å²) in [4.78, 5) is 29.5. The van der Waals surface area contributed by atoms with Crippen LogP contribution in [0.3, 0.4) is 0 Å². The summed E-state index contributed by atoms with van der Waals surface area (Å²) < 4.78 is 0. The van der Waals surface area contributed by atoms with E-state index < -0.39 is 0 Å². The van der Waals surface area contributed by atoms with Gasteiger partial charge in [-0.3, -0.25) is 14.6 Å². The Morgan fingerprint density at radius 2 is 1.64 bits per heavy atom. The van der Waals surface area contributed by atoms with Crippen molar-refractivity contribution in [1.82, 2.24) is 24.7 Å². The summed E-state index contributed by atoms with van der Waals surface area (Å²) in [5.74, 6) is 6.02. The van der Waals surface area contributed by atoms with Crippen molar-refractivity contribution in [2.45, 2.75) is 76.8 Å².